The van der Waals surface area contributed by atoms with Gasteiger partial charge in [-0.2, -0.15) is 0 Å². The highest BCUT2D eigenvalue weighted by Gasteiger charge is 2.20. The molecule has 0 aromatic heterocycles. The van der Waals surface area contributed by atoms with Crippen LogP contribution in [0, 0.1) is 0 Å². The summed E-state index contributed by atoms with van der Waals surface area (Å²) < 4.78 is 7.41. The third kappa shape index (κ3) is 4.73. The van der Waals surface area contributed by atoms with Crippen molar-refractivity contribution in [2.24, 2.45) is 4.99 Å². The molecule has 0 unspecified atom stereocenters. The molecule has 1 aromatic rings. The lowest BCUT2D eigenvalue weighted by Gasteiger charge is -2.12. The largest absolute Gasteiger partial charge is 0.475 e. The van der Waals surface area contributed by atoms with Crippen LogP contribution in [0.5, 0.6) is 0 Å². The van der Waals surface area contributed by atoms with Crippen LogP contribution in [0.15, 0.2) is 35.3 Å². The zero-order valence-electron chi connectivity index (χ0n) is 12.6. The van der Waals surface area contributed by atoms with E-state index in [4.69, 9.17) is 4.74 Å². The van der Waals surface area contributed by atoms with E-state index in [-0.39, 0.29) is 0 Å². The first-order valence-electron chi connectivity index (χ1n) is 6.40. The fourth-order valence-electron chi connectivity index (χ4n) is 1.94. The summed E-state index contributed by atoms with van der Waals surface area (Å²) in [5.41, 5.74) is 1.29. The van der Waals surface area contributed by atoms with Gasteiger partial charge in [0, 0.05) is 6.54 Å². The van der Waals surface area contributed by atoms with Gasteiger partial charge in [0.25, 0.3) is 0 Å². The second-order valence-electron chi connectivity index (χ2n) is 4.74. The van der Waals surface area contributed by atoms with E-state index in [9.17, 15) is 0 Å². The molecule has 19 heavy (non-hydrogen) atoms. The van der Waals surface area contributed by atoms with Crippen LogP contribution in [0.3, 0.4) is 0 Å². The average Bonchev–Trinajstić information content (AvgIpc) is 2.37. The van der Waals surface area contributed by atoms with Crippen molar-refractivity contribution in [2.45, 2.75) is 6.42 Å². The fourth-order valence-corrected chi connectivity index (χ4v) is 1.94. The Kier molecular flexibility index (Phi) is 6.06. The van der Waals surface area contributed by atoms with Gasteiger partial charge >= 0.3 is 11.7 Å². The van der Waals surface area contributed by atoms with E-state index in [1.807, 2.05) is 55.9 Å². The van der Waals surface area contributed by atoms with E-state index < -0.39 is 0 Å². The number of ether oxygens (including phenoxy) is 1. The smallest absolute Gasteiger partial charge is 0.334 e. The van der Waals surface area contributed by atoms with Crippen molar-refractivity contribution in [2.75, 3.05) is 41.8 Å². The highest BCUT2D eigenvalue weighted by Crippen LogP contribution is 2.00. The molecule has 1 aromatic carbocycles. The van der Waals surface area contributed by atoms with Crippen LogP contribution in [0.2, 0.25) is 0 Å². The number of hydrogen-bond donors (Lipinski definition) is 0. The van der Waals surface area contributed by atoms with Gasteiger partial charge in [-0.3, -0.25) is 9.48 Å². The molecule has 0 radical (unpaired) electrons. The maximum atomic E-state index is 5.40. The maximum absolute atomic E-state index is 5.40. The Morgan fingerprint density at radius 2 is 1.84 bits per heavy atom. The van der Waals surface area contributed by atoms with E-state index in [2.05, 4.69) is 17.1 Å². The average molecular weight is 262 g/mol. The summed E-state index contributed by atoms with van der Waals surface area (Å²) in [6, 6.07) is 10.4. The van der Waals surface area contributed by atoms with E-state index in [1.165, 1.54) is 5.56 Å². The van der Waals surface area contributed by atoms with Gasteiger partial charge in [-0.25, -0.2) is 4.99 Å². The molecule has 0 saturated heterocycles. The van der Waals surface area contributed by atoms with Crippen molar-refractivity contribution in [1.82, 2.24) is 4.90 Å². The van der Waals surface area contributed by atoms with Crippen LogP contribution < -0.4 is 0 Å². The lowest BCUT2D eigenvalue weighted by atomic mass is 10.2. The fraction of sp³-hybridized carbons (Fsp3) is 0.467. The van der Waals surface area contributed by atoms with Crippen LogP contribution in [0.1, 0.15) is 5.56 Å². The number of hydrogen-bond acceptors (Lipinski definition) is 2. The lowest BCUT2D eigenvalue weighted by molar-refractivity contribution is -0.468. The SMILES string of the molecule is COC(=NCCc1ccccc1)C(N(C)C)=[N+](C)C. The highest BCUT2D eigenvalue weighted by atomic mass is 16.5. The molecule has 0 aliphatic rings. The van der Waals surface area contributed by atoms with Crippen molar-refractivity contribution in [3.63, 3.8) is 0 Å². The van der Waals surface area contributed by atoms with Crippen molar-refractivity contribution < 1.29 is 9.31 Å². The molecule has 0 N–H and O–H groups in total. The Labute approximate surface area is 116 Å². The van der Waals surface area contributed by atoms with Gasteiger partial charge in [-0.15, -0.1) is 0 Å². The molecular formula is C15H24N3O+. The number of likely N-dealkylation sites (N-methyl/N-ethyl adjacent to an activating group) is 1. The summed E-state index contributed by atoms with van der Waals surface area (Å²) in [7, 11) is 9.61. The van der Waals surface area contributed by atoms with Crippen LogP contribution >= 0.6 is 0 Å². The zero-order valence-corrected chi connectivity index (χ0v) is 12.6. The molecule has 0 aliphatic heterocycles. The minimum Gasteiger partial charge on any atom is -0.475 e. The molecule has 0 fully saturated rings. The third-order valence-corrected chi connectivity index (χ3v) is 2.73. The second kappa shape index (κ2) is 7.56. The molecule has 0 amide bonds. The summed E-state index contributed by atoms with van der Waals surface area (Å²) in [6.07, 6.45) is 0.918. The molecule has 4 nitrogen and oxygen atoms in total. The minimum absolute atomic E-state index is 0.672. The van der Waals surface area contributed by atoms with Crippen molar-refractivity contribution in [1.29, 1.82) is 0 Å². The molecule has 4 heteroatoms. The van der Waals surface area contributed by atoms with Crippen molar-refractivity contribution in [3.05, 3.63) is 35.9 Å². The van der Waals surface area contributed by atoms with Gasteiger partial charge in [-0.1, -0.05) is 30.3 Å². The minimum atomic E-state index is 0.672. The number of benzene rings is 1. The molecule has 104 valence electrons. The normalized spacial score (nSPS) is 11.1. The van der Waals surface area contributed by atoms with Gasteiger partial charge in [0.15, 0.2) is 0 Å². The number of rotatable bonds is 3. The molecule has 0 saturated carbocycles. The monoisotopic (exact) mass is 262 g/mol. The molecule has 0 atom stereocenters. The summed E-state index contributed by atoms with van der Waals surface area (Å²) in [5.74, 6) is 1.64. The predicted octanol–water partition coefficient (Wildman–Crippen LogP) is 1.51. The summed E-state index contributed by atoms with van der Waals surface area (Å²) >= 11 is 0. The summed E-state index contributed by atoms with van der Waals surface area (Å²) in [6.45, 7) is 0.721. The molecule has 1 rings (SSSR count). The first-order chi connectivity index (χ1) is 9.06. The molecular weight excluding hydrogens is 238 g/mol. The predicted molar refractivity (Wildman–Crippen MR) is 80.3 cm³/mol. The van der Waals surface area contributed by atoms with Crippen molar-refractivity contribution in [3.8, 4) is 0 Å². The van der Waals surface area contributed by atoms with Crippen LogP contribution in [-0.4, -0.2) is 63.1 Å². The van der Waals surface area contributed by atoms with Gasteiger partial charge in [0.1, 0.15) is 0 Å². The molecule has 0 bridgehead atoms. The Balaban J connectivity index is 2.75. The van der Waals surface area contributed by atoms with Crippen LogP contribution in [-0.2, 0) is 11.2 Å². The quantitative estimate of drug-likeness (QED) is 0.469. The van der Waals surface area contributed by atoms with E-state index in [0.717, 1.165) is 18.8 Å². The third-order valence-electron chi connectivity index (χ3n) is 2.73. The Morgan fingerprint density at radius 3 is 2.32 bits per heavy atom. The Bertz CT molecular complexity index is 446. The standard InChI is InChI=1S/C15H24N3O/c1-17(2)15(18(3)4)14(19-5)16-12-11-13-9-7-6-8-10-13/h6-10H,11-12H2,1-5H3/q+1. The van der Waals surface area contributed by atoms with Crippen LogP contribution in [0.25, 0.3) is 0 Å². The second-order valence-corrected chi connectivity index (χ2v) is 4.74. The highest BCUT2D eigenvalue weighted by molar-refractivity contribution is 6.35. The summed E-state index contributed by atoms with van der Waals surface area (Å²) in [4.78, 5) is 6.56. The van der Waals surface area contributed by atoms with E-state index in [0.29, 0.717) is 5.90 Å². The first-order valence-corrected chi connectivity index (χ1v) is 6.40. The molecule has 0 aliphatic carbocycles. The zero-order chi connectivity index (χ0) is 14.3. The number of nitrogens with zero attached hydrogens (tertiary/aromatic N) is 3. The number of aliphatic imine (C=N–C) groups is 1. The van der Waals surface area contributed by atoms with Gasteiger partial charge in [-0.05, 0) is 12.0 Å². The van der Waals surface area contributed by atoms with Gasteiger partial charge in [0.05, 0.1) is 35.3 Å². The summed E-state index contributed by atoms with van der Waals surface area (Å²) in [5, 5.41) is 0. The number of amidine groups is 1. The Hall–Kier alpha value is -1.84. The van der Waals surface area contributed by atoms with E-state index in [1.54, 1.807) is 7.11 Å². The van der Waals surface area contributed by atoms with E-state index >= 15 is 0 Å². The maximum Gasteiger partial charge on any atom is 0.334 e. The van der Waals surface area contributed by atoms with Crippen LogP contribution in [0.4, 0.5) is 0 Å². The first kappa shape index (κ1) is 15.2. The number of methoxy groups -OCH3 is 1. The van der Waals surface area contributed by atoms with Gasteiger partial charge in [0.2, 0.25) is 0 Å². The molecule has 0 spiro atoms. The van der Waals surface area contributed by atoms with Crippen molar-refractivity contribution >= 4 is 11.7 Å². The lowest BCUT2D eigenvalue weighted by Crippen LogP contribution is -2.37. The topological polar surface area (TPSA) is 27.8 Å². The molecule has 0 heterocycles. The van der Waals surface area contributed by atoms with Gasteiger partial charge < -0.3 is 4.74 Å². The Morgan fingerprint density at radius 1 is 1.21 bits per heavy atom.